The molecule has 1 amide bonds. The summed E-state index contributed by atoms with van der Waals surface area (Å²) < 4.78 is 53.4. The molecule has 1 aromatic carbocycles. The van der Waals surface area contributed by atoms with E-state index in [0.717, 1.165) is 28.9 Å². The highest BCUT2D eigenvalue weighted by Gasteiger charge is 2.31. The van der Waals surface area contributed by atoms with Gasteiger partial charge >= 0.3 is 0 Å². The van der Waals surface area contributed by atoms with Crippen LogP contribution in [0.5, 0.6) is 0 Å². The third-order valence-corrected chi connectivity index (χ3v) is 7.97. The number of nitrogens with zero attached hydrogens (tertiary/aromatic N) is 1. The number of hydrogen-bond donors (Lipinski definition) is 1. The third kappa shape index (κ3) is 4.87. The number of hydrogen-bond acceptors (Lipinski definition) is 5. The number of sulfonamides is 1. The van der Waals surface area contributed by atoms with E-state index in [1.807, 2.05) is 0 Å². The molecule has 0 spiro atoms. The summed E-state index contributed by atoms with van der Waals surface area (Å²) >= 11 is 2.75. The molecule has 10 heteroatoms. The van der Waals surface area contributed by atoms with Gasteiger partial charge in [-0.25, -0.2) is 17.2 Å². The Balaban J connectivity index is 1.66. The van der Waals surface area contributed by atoms with Crippen LogP contribution in [0.1, 0.15) is 15.2 Å². The van der Waals surface area contributed by atoms with Gasteiger partial charge in [0, 0.05) is 37.2 Å². The van der Waals surface area contributed by atoms with E-state index in [4.69, 9.17) is 0 Å². The standard InChI is InChI=1S/C17H18F2N2O3S3/c18-13-9-12(10-14(19)11-13)1-3-20-17(22)16-15(2-6-26-16)27(23,24)21-4-7-25-8-5-21/h2,6,9-11H,1,3-5,7-8H2,(H,20,22). The second-order valence-electron chi connectivity index (χ2n) is 5.91. The number of thioether (sulfide) groups is 1. The monoisotopic (exact) mass is 432 g/mol. The van der Waals surface area contributed by atoms with Crippen molar-refractivity contribution < 1.29 is 22.0 Å². The van der Waals surface area contributed by atoms with E-state index < -0.39 is 27.6 Å². The molecule has 0 atom stereocenters. The van der Waals surface area contributed by atoms with Gasteiger partial charge in [-0.1, -0.05) is 0 Å². The highest BCUT2D eigenvalue weighted by atomic mass is 32.2. The molecule has 0 saturated carbocycles. The van der Waals surface area contributed by atoms with Gasteiger partial charge in [-0.15, -0.1) is 11.3 Å². The van der Waals surface area contributed by atoms with Crippen molar-refractivity contribution in [1.82, 2.24) is 9.62 Å². The van der Waals surface area contributed by atoms with Crippen molar-refractivity contribution in [2.24, 2.45) is 0 Å². The molecular weight excluding hydrogens is 414 g/mol. The maximum absolute atomic E-state index is 13.2. The molecule has 1 aliphatic heterocycles. The van der Waals surface area contributed by atoms with Gasteiger partial charge in [-0.2, -0.15) is 16.1 Å². The highest BCUT2D eigenvalue weighted by Crippen LogP contribution is 2.27. The fourth-order valence-electron chi connectivity index (χ4n) is 2.75. The van der Waals surface area contributed by atoms with Gasteiger partial charge < -0.3 is 5.32 Å². The summed E-state index contributed by atoms with van der Waals surface area (Å²) in [5, 5.41) is 4.20. The molecule has 1 aromatic heterocycles. The van der Waals surface area contributed by atoms with Crippen molar-refractivity contribution >= 4 is 39.0 Å². The van der Waals surface area contributed by atoms with E-state index in [9.17, 15) is 22.0 Å². The lowest BCUT2D eigenvalue weighted by Crippen LogP contribution is -2.38. The van der Waals surface area contributed by atoms with E-state index in [1.54, 1.807) is 17.1 Å². The average Bonchev–Trinajstić information content (AvgIpc) is 3.12. The quantitative estimate of drug-likeness (QED) is 0.762. The topological polar surface area (TPSA) is 66.5 Å². The van der Waals surface area contributed by atoms with E-state index in [1.165, 1.54) is 22.5 Å². The minimum absolute atomic E-state index is 0.00806. The lowest BCUT2D eigenvalue weighted by atomic mass is 10.1. The molecule has 2 heterocycles. The molecule has 1 fully saturated rings. The Morgan fingerprint density at radius 3 is 2.48 bits per heavy atom. The maximum atomic E-state index is 13.2. The zero-order chi connectivity index (χ0) is 19.4. The highest BCUT2D eigenvalue weighted by molar-refractivity contribution is 7.99. The number of halogens is 2. The van der Waals surface area contributed by atoms with Gasteiger partial charge in [0.1, 0.15) is 21.4 Å². The Hall–Kier alpha value is -1.49. The molecule has 0 unspecified atom stereocenters. The van der Waals surface area contributed by atoms with Crippen LogP contribution in [-0.4, -0.2) is 49.8 Å². The number of carbonyl (C=O) groups is 1. The second kappa shape index (κ2) is 8.68. The zero-order valence-corrected chi connectivity index (χ0v) is 16.7. The Bertz CT molecular complexity index is 905. The second-order valence-corrected chi connectivity index (χ2v) is 9.96. The van der Waals surface area contributed by atoms with Gasteiger partial charge in [0.05, 0.1) is 0 Å². The predicted molar refractivity (Wildman–Crippen MR) is 103 cm³/mol. The van der Waals surface area contributed by atoms with Crippen molar-refractivity contribution in [3.05, 3.63) is 51.7 Å². The van der Waals surface area contributed by atoms with Crippen molar-refractivity contribution in [1.29, 1.82) is 0 Å². The van der Waals surface area contributed by atoms with E-state index in [-0.39, 0.29) is 22.7 Å². The van der Waals surface area contributed by atoms with Crippen LogP contribution < -0.4 is 5.32 Å². The molecule has 0 bridgehead atoms. The Morgan fingerprint density at radius 2 is 1.81 bits per heavy atom. The van der Waals surface area contributed by atoms with Gasteiger partial charge in [0.25, 0.3) is 5.91 Å². The van der Waals surface area contributed by atoms with Gasteiger partial charge in [-0.05, 0) is 35.6 Å². The lowest BCUT2D eigenvalue weighted by molar-refractivity contribution is 0.0955. The summed E-state index contributed by atoms with van der Waals surface area (Å²) in [6.07, 6.45) is 0.233. The molecule has 0 radical (unpaired) electrons. The average molecular weight is 433 g/mol. The first-order chi connectivity index (χ1) is 12.9. The Kier molecular flexibility index (Phi) is 6.51. The first-order valence-corrected chi connectivity index (χ1v) is 11.7. The largest absolute Gasteiger partial charge is 0.351 e. The van der Waals surface area contributed by atoms with Crippen LogP contribution in [0.4, 0.5) is 8.78 Å². The summed E-state index contributed by atoms with van der Waals surface area (Å²) in [5.41, 5.74) is 0.414. The van der Waals surface area contributed by atoms with Crippen molar-refractivity contribution in [2.75, 3.05) is 31.1 Å². The summed E-state index contributed by atoms with van der Waals surface area (Å²) in [6, 6.07) is 4.62. The molecule has 1 saturated heterocycles. The number of nitrogens with one attached hydrogen (secondary N) is 1. The van der Waals surface area contributed by atoms with Crippen LogP contribution in [0.15, 0.2) is 34.5 Å². The first-order valence-electron chi connectivity index (χ1n) is 8.26. The minimum atomic E-state index is -3.71. The molecule has 2 aromatic rings. The van der Waals surface area contributed by atoms with E-state index in [2.05, 4.69) is 5.32 Å². The normalized spacial score (nSPS) is 15.6. The van der Waals surface area contributed by atoms with Crippen LogP contribution in [-0.2, 0) is 16.4 Å². The lowest BCUT2D eigenvalue weighted by Gasteiger charge is -2.25. The van der Waals surface area contributed by atoms with Crippen molar-refractivity contribution in [3.63, 3.8) is 0 Å². The summed E-state index contributed by atoms with van der Waals surface area (Å²) in [6.45, 7) is 0.990. The molecule has 146 valence electrons. The Labute approximate surface area is 164 Å². The predicted octanol–water partition coefficient (Wildman–Crippen LogP) is 2.74. The van der Waals surface area contributed by atoms with Crippen LogP contribution in [0, 0.1) is 11.6 Å². The fourth-order valence-corrected chi connectivity index (χ4v) is 6.64. The SMILES string of the molecule is O=C(NCCc1cc(F)cc(F)c1)c1sccc1S(=O)(=O)N1CCSCC1. The molecule has 1 N–H and O–H groups in total. The van der Waals surface area contributed by atoms with E-state index in [0.29, 0.717) is 18.7 Å². The van der Waals surface area contributed by atoms with Crippen LogP contribution in [0.3, 0.4) is 0 Å². The molecule has 27 heavy (non-hydrogen) atoms. The molecular formula is C17H18F2N2O3S3. The van der Waals surface area contributed by atoms with Crippen molar-refractivity contribution in [2.45, 2.75) is 11.3 Å². The van der Waals surface area contributed by atoms with Gasteiger partial charge in [0.2, 0.25) is 10.0 Å². The number of rotatable bonds is 6. The first kappa shape index (κ1) is 20.2. The number of amides is 1. The van der Waals surface area contributed by atoms with E-state index >= 15 is 0 Å². The maximum Gasteiger partial charge on any atom is 0.262 e. The molecule has 1 aliphatic rings. The molecule has 5 nitrogen and oxygen atoms in total. The van der Waals surface area contributed by atoms with Crippen LogP contribution >= 0.6 is 23.1 Å². The van der Waals surface area contributed by atoms with Crippen LogP contribution in [0.25, 0.3) is 0 Å². The smallest absolute Gasteiger partial charge is 0.262 e. The fraction of sp³-hybridized carbons (Fsp3) is 0.353. The minimum Gasteiger partial charge on any atom is -0.351 e. The summed E-state index contributed by atoms with van der Waals surface area (Å²) in [7, 11) is -3.71. The molecule has 0 aliphatic carbocycles. The zero-order valence-electron chi connectivity index (χ0n) is 14.3. The van der Waals surface area contributed by atoms with Crippen LogP contribution in [0.2, 0.25) is 0 Å². The van der Waals surface area contributed by atoms with Crippen molar-refractivity contribution in [3.8, 4) is 0 Å². The molecule has 3 rings (SSSR count). The summed E-state index contributed by atoms with van der Waals surface area (Å²) in [4.78, 5) is 12.6. The third-order valence-electron chi connectivity index (χ3n) is 4.04. The number of benzene rings is 1. The van der Waals surface area contributed by atoms with Gasteiger partial charge in [-0.3, -0.25) is 4.79 Å². The summed E-state index contributed by atoms with van der Waals surface area (Å²) in [5.74, 6) is -0.401. The Morgan fingerprint density at radius 1 is 1.15 bits per heavy atom. The van der Waals surface area contributed by atoms with Gasteiger partial charge in [0.15, 0.2) is 0 Å². The number of thiophene rings is 1. The number of carbonyl (C=O) groups excluding carboxylic acids is 1.